The van der Waals surface area contributed by atoms with Gasteiger partial charge in [0, 0.05) is 31.8 Å². The first kappa shape index (κ1) is 14.3. The van der Waals surface area contributed by atoms with Gasteiger partial charge in [-0.1, -0.05) is 20.3 Å². The van der Waals surface area contributed by atoms with Gasteiger partial charge in [0.05, 0.1) is 0 Å². The second kappa shape index (κ2) is 5.89. The third-order valence-corrected chi connectivity index (χ3v) is 5.23. The Kier molecular flexibility index (Phi) is 4.68. The zero-order valence-corrected chi connectivity index (χ0v) is 12.1. The highest BCUT2D eigenvalue weighted by Crippen LogP contribution is 2.41. The molecular formula is C15H30N2O. The Bertz CT molecular complexity index is 263. The van der Waals surface area contributed by atoms with Crippen LogP contribution in [0.4, 0.5) is 0 Å². The molecule has 3 nitrogen and oxygen atoms in total. The molecule has 2 aliphatic rings. The lowest BCUT2D eigenvalue weighted by Gasteiger charge is -2.40. The molecule has 0 spiro atoms. The van der Waals surface area contributed by atoms with E-state index in [1.807, 2.05) is 0 Å². The number of rotatable bonds is 6. The first-order valence-corrected chi connectivity index (χ1v) is 7.65. The molecule has 0 aliphatic heterocycles. The summed E-state index contributed by atoms with van der Waals surface area (Å²) in [5.74, 6) is 0.652. The second-order valence-electron chi connectivity index (χ2n) is 6.97. The predicted molar refractivity (Wildman–Crippen MR) is 75.4 cm³/mol. The van der Waals surface area contributed by atoms with E-state index in [1.165, 1.54) is 32.1 Å². The smallest absolute Gasteiger partial charge is 0.0443 e. The van der Waals surface area contributed by atoms with Crippen molar-refractivity contribution in [2.45, 2.75) is 64.5 Å². The molecule has 0 amide bonds. The van der Waals surface area contributed by atoms with Crippen LogP contribution in [0.25, 0.3) is 0 Å². The monoisotopic (exact) mass is 254 g/mol. The highest BCUT2D eigenvalue weighted by atomic mass is 16.3. The molecule has 0 heterocycles. The lowest BCUT2D eigenvalue weighted by molar-refractivity contribution is 0.0924. The molecule has 2 fully saturated rings. The molecule has 0 aromatic carbocycles. The quantitative estimate of drug-likeness (QED) is 0.762. The van der Waals surface area contributed by atoms with E-state index in [9.17, 15) is 0 Å². The van der Waals surface area contributed by atoms with E-state index in [-0.39, 0.29) is 0 Å². The lowest BCUT2D eigenvalue weighted by Crippen LogP contribution is -2.47. The maximum absolute atomic E-state index is 9.03. The van der Waals surface area contributed by atoms with Crippen LogP contribution in [-0.4, -0.2) is 41.8 Å². The molecular weight excluding hydrogens is 224 g/mol. The Balaban J connectivity index is 1.88. The van der Waals surface area contributed by atoms with E-state index in [2.05, 4.69) is 18.7 Å². The first-order chi connectivity index (χ1) is 8.54. The van der Waals surface area contributed by atoms with E-state index in [0.717, 1.165) is 25.6 Å². The van der Waals surface area contributed by atoms with Gasteiger partial charge in [0.15, 0.2) is 0 Å². The molecule has 2 atom stereocenters. The van der Waals surface area contributed by atoms with Crippen molar-refractivity contribution in [2.75, 3.05) is 19.7 Å². The zero-order chi connectivity index (χ0) is 13.2. The van der Waals surface area contributed by atoms with E-state index in [0.29, 0.717) is 24.0 Å². The Morgan fingerprint density at radius 1 is 1.28 bits per heavy atom. The highest BCUT2D eigenvalue weighted by molar-refractivity contribution is 4.96. The average molecular weight is 254 g/mol. The molecule has 0 saturated heterocycles. The summed E-state index contributed by atoms with van der Waals surface area (Å²) in [5, 5.41) is 9.03. The van der Waals surface area contributed by atoms with Crippen molar-refractivity contribution >= 4 is 0 Å². The molecule has 3 heteroatoms. The molecule has 3 N–H and O–H groups in total. The van der Waals surface area contributed by atoms with Crippen molar-refractivity contribution < 1.29 is 5.11 Å². The zero-order valence-electron chi connectivity index (χ0n) is 12.1. The van der Waals surface area contributed by atoms with Crippen LogP contribution in [0.5, 0.6) is 0 Å². The number of nitrogens with zero attached hydrogens (tertiary/aromatic N) is 1. The van der Waals surface area contributed by atoms with Crippen LogP contribution in [-0.2, 0) is 0 Å². The normalized spacial score (nSPS) is 31.8. The molecule has 0 radical (unpaired) electrons. The van der Waals surface area contributed by atoms with Gasteiger partial charge in [-0.15, -0.1) is 0 Å². The first-order valence-electron chi connectivity index (χ1n) is 7.65. The summed E-state index contributed by atoms with van der Waals surface area (Å²) in [6.45, 7) is 7.11. The third-order valence-electron chi connectivity index (χ3n) is 5.23. The molecule has 18 heavy (non-hydrogen) atoms. The number of hydrogen-bond acceptors (Lipinski definition) is 3. The standard InChI is InChI=1S/C15H30N2O/c1-15(2)8-7-12(14(15)16)11-17(9-4-10-18)13-5-3-6-13/h12-14,18H,3-11,16H2,1-2H3. The highest BCUT2D eigenvalue weighted by Gasteiger charge is 2.40. The minimum absolute atomic E-state index is 0.311. The largest absolute Gasteiger partial charge is 0.396 e. The van der Waals surface area contributed by atoms with Crippen molar-refractivity contribution in [3.05, 3.63) is 0 Å². The maximum atomic E-state index is 9.03. The van der Waals surface area contributed by atoms with Gasteiger partial charge in [0.25, 0.3) is 0 Å². The van der Waals surface area contributed by atoms with Crippen molar-refractivity contribution in [3.63, 3.8) is 0 Å². The maximum Gasteiger partial charge on any atom is 0.0443 e. The van der Waals surface area contributed by atoms with Gasteiger partial charge in [-0.05, 0) is 43.4 Å². The fraction of sp³-hybridized carbons (Fsp3) is 1.00. The van der Waals surface area contributed by atoms with Crippen molar-refractivity contribution in [1.82, 2.24) is 4.90 Å². The Labute approximate surface area is 112 Å². The Morgan fingerprint density at radius 3 is 2.44 bits per heavy atom. The van der Waals surface area contributed by atoms with Crippen LogP contribution >= 0.6 is 0 Å². The van der Waals surface area contributed by atoms with Crippen molar-refractivity contribution in [1.29, 1.82) is 0 Å². The summed E-state index contributed by atoms with van der Waals surface area (Å²) in [6.07, 6.45) is 7.51. The average Bonchev–Trinajstić information content (AvgIpc) is 2.50. The third kappa shape index (κ3) is 3.06. The number of aliphatic hydroxyl groups is 1. The van der Waals surface area contributed by atoms with Crippen LogP contribution in [0.2, 0.25) is 0 Å². The molecule has 2 unspecified atom stereocenters. The molecule has 106 valence electrons. The van der Waals surface area contributed by atoms with Crippen LogP contribution in [0.3, 0.4) is 0 Å². The van der Waals surface area contributed by atoms with Gasteiger partial charge >= 0.3 is 0 Å². The molecule has 0 aromatic heterocycles. The summed E-state index contributed by atoms with van der Waals surface area (Å²) in [6, 6.07) is 1.11. The summed E-state index contributed by atoms with van der Waals surface area (Å²) in [5.41, 5.74) is 6.73. The van der Waals surface area contributed by atoms with Gasteiger partial charge in [0.1, 0.15) is 0 Å². The van der Waals surface area contributed by atoms with E-state index >= 15 is 0 Å². The minimum atomic E-state index is 0.311. The molecule has 0 bridgehead atoms. The van der Waals surface area contributed by atoms with E-state index < -0.39 is 0 Å². The second-order valence-corrected chi connectivity index (χ2v) is 6.97. The van der Waals surface area contributed by atoms with Crippen LogP contribution in [0, 0.1) is 11.3 Å². The van der Waals surface area contributed by atoms with Gasteiger partial charge in [0.2, 0.25) is 0 Å². The van der Waals surface area contributed by atoms with Gasteiger partial charge in [-0.3, -0.25) is 4.90 Å². The summed E-state index contributed by atoms with van der Waals surface area (Å²) >= 11 is 0. The molecule has 2 aliphatic carbocycles. The van der Waals surface area contributed by atoms with Crippen LogP contribution in [0.1, 0.15) is 52.4 Å². The van der Waals surface area contributed by atoms with Crippen molar-refractivity contribution in [2.24, 2.45) is 17.1 Å². The van der Waals surface area contributed by atoms with Gasteiger partial charge in [-0.25, -0.2) is 0 Å². The SMILES string of the molecule is CC1(C)CCC(CN(CCCO)C2CCC2)C1N. The molecule has 2 rings (SSSR count). The topological polar surface area (TPSA) is 49.5 Å². The number of aliphatic hydroxyl groups excluding tert-OH is 1. The fourth-order valence-corrected chi connectivity index (χ4v) is 3.50. The number of hydrogen-bond donors (Lipinski definition) is 2. The van der Waals surface area contributed by atoms with Crippen LogP contribution in [0.15, 0.2) is 0 Å². The lowest BCUT2D eigenvalue weighted by atomic mass is 9.84. The molecule has 2 saturated carbocycles. The molecule has 0 aromatic rings. The van der Waals surface area contributed by atoms with Crippen LogP contribution < -0.4 is 5.73 Å². The fourth-order valence-electron chi connectivity index (χ4n) is 3.50. The van der Waals surface area contributed by atoms with Gasteiger partial charge < -0.3 is 10.8 Å². The van der Waals surface area contributed by atoms with E-state index in [4.69, 9.17) is 10.8 Å². The predicted octanol–water partition coefficient (Wildman–Crippen LogP) is 1.99. The minimum Gasteiger partial charge on any atom is -0.396 e. The summed E-state index contributed by atoms with van der Waals surface area (Å²) in [7, 11) is 0. The number of nitrogens with two attached hydrogens (primary N) is 1. The van der Waals surface area contributed by atoms with Crippen molar-refractivity contribution in [3.8, 4) is 0 Å². The Hall–Kier alpha value is -0.120. The van der Waals surface area contributed by atoms with Gasteiger partial charge in [-0.2, -0.15) is 0 Å². The Morgan fingerprint density at radius 2 is 2.00 bits per heavy atom. The van der Waals surface area contributed by atoms with E-state index in [1.54, 1.807) is 0 Å². The summed E-state index contributed by atoms with van der Waals surface area (Å²) in [4.78, 5) is 2.60. The summed E-state index contributed by atoms with van der Waals surface area (Å²) < 4.78 is 0.